The molecule has 0 bridgehead atoms. The van der Waals surface area contributed by atoms with E-state index in [0.29, 0.717) is 6.54 Å². The lowest BCUT2D eigenvalue weighted by Gasteiger charge is -2.16. The summed E-state index contributed by atoms with van der Waals surface area (Å²) in [6.45, 7) is 0.495. The van der Waals surface area contributed by atoms with Crippen LogP contribution < -0.4 is 11.1 Å². The fraction of sp³-hybridized carbons (Fsp3) is 0.128. The van der Waals surface area contributed by atoms with Gasteiger partial charge in [0.05, 0.1) is 0 Å². The predicted octanol–water partition coefficient (Wildman–Crippen LogP) is 9.15. The first-order valence-electron chi connectivity index (χ1n) is 14.8. The molecule has 4 N–H and O–H groups in total. The largest absolute Gasteiger partial charge is 0.391 e. The molecule has 7 rings (SSSR count). The molecule has 1 heterocycles. The maximum Gasteiger partial charge on any atom is 0.0465 e. The van der Waals surface area contributed by atoms with Gasteiger partial charge in [0.15, 0.2) is 0 Å². The van der Waals surface area contributed by atoms with Crippen LogP contribution in [-0.4, -0.2) is 12.0 Å². The Labute approximate surface area is 247 Å². The van der Waals surface area contributed by atoms with E-state index in [-0.39, 0.29) is 0 Å². The molecule has 2 aliphatic rings. The zero-order chi connectivity index (χ0) is 28.5. The van der Waals surface area contributed by atoms with Gasteiger partial charge in [0.2, 0.25) is 0 Å². The fourth-order valence-corrected chi connectivity index (χ4v) is 6.25. The first-order valence-corrected chi connectivity index (χ1v) is 14.8. The summed E-state index contributed by atoms with van der Waals surface area (Å²) in [5.74, 6) is 0. The van der Waals surface area contributed by atoms with Crippen molar-refractivity contribution in [3.8, 4) is 11.1 Å². The monoisotopic (exact) mass is 545 g/mol. The number of hydrogen-bond donors (Lipinski definition) is 3. The summed E-state index contributed by atoms with van der Waals surface area (Å²) in [7, 11) is 2.00. The molecular formula is C39H35N3. The summed E-state index contributed by atoms with van der Waals surface area (Å²) in [5, 5.41) is 5.94. The molecule has 5 aromatic rings. The molecule has 3 heteroatoms. The van der Waals surface area contributed by atoms with Gasteiger partial charge in [0.1, 0.15) is 0 Å². The van der Waals surface area contributed by atoms with E-state index >= 15 is 0 Å². The first-order chi connectivity index (χ1) is 20.7. The molecule has 42 heavy (non-hydrogen) atoms. The zero-order valence-electron chi connectivity index (χ0n) is 24.0. The Morgan fingerprint density at radius 1 is 0.738 bits per heavy atom. The molecule has 0 aliphatic heterocycles. The molecule has 0 atom stereocenters. The second kappa shape index (κ2) is 11.2. The van der Waals surface area contributed by atoms with E-state index in [9.17, 15) is 0 Å². The molecule has 2 aliphatic carbocycles. The number of aromatic nitrogens is 1. The summed E-state index contributed by atoms with van der Waals surface area (Å²) in [6.07, 6.45) is 16.5. The van der Waals surface area contributed by atoms with Crippen LogP contribution in [0.2, 0.25) is 0 Å². The third-order valence-electron chi connectivity index (χ3n) is 8.60. The number of allylic oxidation sites excluding steroid dienone is 9. The molecule has 0 radical (unpaired) electrons. The molecule has 0 unspecified atom stereocenters. The Kier molecular flexibility index (Phi) is 6.95. The lowest BCUT2D eigenvalue weighted by Crippen LogP contribution is -2.07. The Hall–Kier alpha value is -4.86. The smallest absolute Gasteiger partial charge is 0.0465 e. The highest BCUT2D eigenvalue weighted by molar-refractivity contribution is 6.09. The third-order valence-corrected chi connectivity index (χ3v) is 8.60. The molecule has 3 nitrogen and oxygen atoms in total. The van der Waals surface area contributed by atoms with Gasteiger partial charge in [-0.05, 0) is 99.3 Å². The van der Waals surface area contributed by atoms with Crippen LogP contribution in [0.25, 0.3) is 49.7 Å². The summed E-state index contributed by atoms with van der Waals surface area (Å²) in [6, 6.07) is 30.9. The summed E-state index contributed by atoms with van der Waals surface area (Å²) >= 11 is 0. The Bertz CT molecular complexity index is 1960. The van der Waals surface area contributed by atoms with Crippen LogP contribution in [0.4, 0.5) is 0 Å². The van der Waals surface area contributed by atoms with E-state index < -0.39 is 0 Å². The van der Waals surface area contributed by atoms with Crippen LogP contribution >= 0.6 is 0 Å². The van der Waals surface area contributed by atoms with E-state index in [4.69, 9.17) is 5.73 Å². The van der Waals surface area contributed by atoms with Crippen molar-refractivity contribution >= 4 is 38.5 Å². The normalized spacial score (nSPS) is 15.2. The van der Waals surface area contributed by atoms with Gasteiger partial charge >= 0.3 is 0 Å². The van der Waals surface area contributed by atoms with Gasteiger partial charge in [-0.25, -0.2) is 0 Å². The highest BCUT2D eigenvalue weighted by Crippen LogP contribution is 2.36. The number of hydrogen-bond acceptors (Lipinski definition) is 2. The molecule has 1 aromatic heterocycles. The zero-order valence-corrected chi connectivity index (χ0v) is 24.0. The highest BCUT2D eigenvalue weighted by atomic mass is 14.8. The standard InChI is InChI=1S/C39H35N3/c1-41-34-17-14-28(20-33(21-34)35-22-29(12-13-32(35)25-40)26-8-4-2-5-9-26)31-16-19-39-37(24-31)36-23-30(15-18-38(36)42-39)27-10-6-3-7-11-27/h2-6,8-10,12-20,22-24,41-42H,7,11,21,25,40H2,1H3. The molecule has 0 amide bonds. The Balaban J connectivity index is 1.34. The molecule has 0 saturated heterocycles. The highest BCUT2D eigenvalue weighted by Gasteiger charge is 2.16. The molecular weight excluding hydrogens is 510 g/mol. The van der Waals surface area contributed by atoms with Crippen molar-refractivity contribution in [3.63, 3.8) is 0 Å². The van der Waals surface area contributed by atoms with Gasteiger partial charge in [-0.3, -0.25) is 0 Å². The number of nitrogens with one attached hydrogen (secondary N) is 2. The number of aromatic amines is 1. The van der Waals surface area contributed by atoms with E-state index in [0.717, 1.165) is 30.3 Å². The van der Waals surface area contributed by atoms with Crippen molar-refractivity contribution in [1.29, 1.82) is 0 Å². The van der Waals surface area contributed by atoms with Gasteiger partial charge in [0, 0.05) is 47.5 Å². The van der Waals surface area contributed by atoms with Gasteiger partial charge in [-0.15, -0.1) is 0 Å². The van der Waals surface area contributed by atoms with E-state index in [1.54, 1.807) is 0 Å². The first kappa shape index (κ1) is 26.1. The number of H-pyrrole nitrogens is 1. The van der Waals surface area contributed by atoms with E-state index in [2.05, 4.69) is 132 Å². The van der Waals surface area contributed by atoms with Gasteiger partial charge in [0.25, 0.3) is 0 Å². The Morgan fingerprint density at radius 2 is 1.50 bits per heavy atom. The number of benzene rings is 4. The summed E-state index contributed by atoms with van der Waals surface area (Å²) < 4.78 is 0. The van der Waals surface area contributed by atoms with Crippen LogP contribution in [0.15, 0.2) is 127 Å². The topological polar surface area (TPSA) is 53.8 Å². The average molecular weight is 546 g/mol. The average Bonchev–Trinajstić information content (AvgIpc) is 3.28. The number of nitrogens with two attached hydrogens (primary N) is 1. The van der Waals surface area contributed by atoms with Crippen LogP contribution in [0.1, 0.15) is 41.5 Å². The SMILES string of the molecule is CNC1=CC=C(c2ccc3[nH]c4ccc(C5=CC=CCC5)cc4c3c2)C=C(c2cc(-c3ccccc3)ccc2CN)C1. The van der Waals surface area contributed by atoms with E-state index in [1.165, 1.54) is 66.5 Å². The van der Waals surface area contributed by atoms with Crippen molar-refractivity contribution < 1.29 is 0 Å². The molecule has 4 aromatic carbocycles. The van der Waals surface area contributed by atoms with Crippen molar-refractivity contribution in [2.45, 2.75) is 25.8 Å². The van der Waals surface area contributed by atoms with E-state index in [1.807, 2.05) is 7.05 Å². The van der Waals surface area contributed by atoms with Gasteiger partial charge < -0.3 is 16.0 Å². The second-order valence-corrected chi connectivity index (χ2v) is 11.2. The molecule has 206 valence electrons. The van der Waals surface area contributed by atoms with Crippen molar-refractivity contribution in [2.24, 2.45) is 5.73 Å². The third kappa shape index (κ3) is 4.93. The maximum atomic E-state index is 6.28. The second-order valence-electron chi connectivity index (χ2n) is 11.2. The van der Waals surface area contributed by atoms with Crippen molar-refractivity contribution in [2.75, 3.05) is 7.05 Å². The minimum absolute atomic E-state index is 0.495. The van der Waals surface area contributed by atoms with Crippen LogP contribution in [0.3, 0.4) is 0 Å². The molecule has 0 saturated carbocycles. The van der Waals surface area contributed by atoms with Crippen molar-refractivity contribution in [1.82, 2.24) is 10.3 Å². The van der Waals surface area contributed by atoms with Crippen LogP contribution in [0.5, 0.6) is 0 Å². The lowest BCUT2D eigenvalue weighted by molar-refractivity contribution is 0.945. The summed E-state index contributed by atoms with van der Waals surface area (Å²) in [5.41, 5.74) is 20.9. The fourth-order valence-electron chi connectivity index (χ4n) is 6.25. The lowest BCUT2D eigenvalue weighted by atomic mass is 9.90. The number of fused-ring (bicyclic) bond motifs is 3. The van der Waals surface area contributed by atoms with Crippen LogP contribution in [0, 0.1) is 0 Å². The minimum Gasteiger partial charge on any atom is -0.391 e. The quantitative estimate of drug-likeness (QED) is 0.199. The minimum atomic E-state index is 0.495. The van der Waals surface area contributed by atoms with Crippen LogP contribution in [-0.2, 0) is 6.54 Å². The summed E-state index contributed by atoms with van der Waals surface area (Å²) in [4.78, 5) is 3.63. The predicted molar refractivity (Wildman–Crippen MR) is 180 cm³/mol. The Morgan fingerprint density at radius 3 is 2.24 bits per heavy atom. The molecule has 0 spiro atoms. The van der Waals surface area contributed by atoms with Gasteiger partial charge in [-0.1, -0.05) is 85.0 Å². The molecule has 0 fully saturated rings. The number of rotatable bonds is 6. The van der Waals surface area contributed by atoms with Crippen molar-refractivity contribution in [3.05, 3.63) is 149 Å². The van der Waals surface area contributed by atoms with Gasteiger partial charge in [-0.2, -0.15) is 0 Å². The maximum absolute atomic E-state index is 6.28.